The number of nitrogens with zero attached hydrogens (tertiary/aromatic N) is 2. The number of hydrogen-bond acceptors (Lipinski definition) is 4. The highest BCUT2D eigenvalue weighted by atomic mass is 35.5. The molecule has 0 fully saturated rings. The van der Waals surface area contributed by atoms with Gasteiger partial charge in [-0.1, -0.05) is 65.7 Å². The summed E-state index contributed by atoms with van der Waals surface area (Å²) in [4.78, 5) is 29.1. The van der Waals surface area contributed by atoms with Gasteiger partial charge in [-0.25, -0.2) is 8.42 Å². The van der Waals surface area contributed by atoms with Crippen LogP contribution in [0, 0.1) is 13.8 Å². The number of sulfonamides is 1. The number of benzene rings is 3. The van der Waals surface area contributed by atoms with Gasteiger partial charge in [-0.3, -0.25) is 13.9 Å². The predicted molar refractivity (Wildman–Crippen MR) is 162 cm³/mol. The molecule has 0 aliphatic rings. The molecule has 3 aromatic rings. The van der Waals surface area contributed by atoms with Crippen LogP contribution in [-0.4, -0.2) is 50.0 Å². The van der Waals surface area contributed by atoms with E-state index in [1.165, 1.54) is 4.90 Å². The first-order valence-electron chi connectivity index (χ1n) is 12.9. The van der Waals surface area contributed by atoms with Crippen LogP contribution < -0.4 is 9.62 Å². The number of nitrogens with one attached hydrogen (secondary N) is 1. The summed E-state index contributed by atoms with van der Waals surface area (Å²) >= 11 is 12.6. The summed E-state index contributed by atoms with van der Waals surface area (Å²) in [5.41, 5.74) is 3.68. The zero-order chi connectivity index (χ0) is 29.6. The highest BCUT2D eigenvalue weighted by Crippen LogP contribution is 2.26. The minimum atomic E-state index is -3.84. The second kappa shape index (κ2) is 13.5. The summed E-state index contributed by atoms with van der Waals surface area (Å²) in [5, 5.41) is 3.69. The second-order valence-corrected chi connectivity index (χ2v) is 12.9. The van der Waals surface area contributed by atoms with E-state index in [9.17, 15) is 18.0 Å². The van der Waals surface area contributed by atoms with E-state index in [1.54, 1.807) is 30.3 Å². The molecule has 0 aliphatic heterocycles. The Hall–Kier alpha value is -3.07. The van der Waals surface area contributed by atoms with Gasteiger partial charge in [0.15, 0.2) is 0 Å². The molecule has 1 N–H and O–H groups in total. The molecule has 10 heteroatoms. The van der Waals surface area contributed by atoms with Crippen molar-refractivity contribution in [3.05, 3.63) is 99.0 Å². The third-order valence-electron chi connectivity index (χ3n) is 6.52. The van der Waals surface area contributed by atoms with E-state index in [1.807, 2.05) is 64.1 Å². The molecule has 0 aromatic heterocycles. The minimum Gasteiger partial charge on any atom is -0.352 e. The van der Waals surface area contributed by atoms with E-state index < -0.39 is 28.5 Å². The van der Waals surface area contributed by atoms with Crippen LogP contribution in [0.15, 0.2) is 66.7 Å². The minimum absolute atomic E-state index is 0.0254. The van der Waals surface area contributed by atoms with Crippen molar-refractivity contribution in [3.63, 3.8) is 0 Å². The lowest BCUT2D eigenvalue weighted by molar-refractivity contribution is -0.140. The summed E-state index contributed by atoms with van der Waals surface area (Å²) in [6.45, 7) is 6.96. The average molecular weight is 605 g/mol. The molecule has 0 spiro atoms. The summed E-state index contributed by atoms with van der Waals surface area (Å²) < 4.78 is 26.9. The van der Waals surface area contributed by atoms with Crippen LogP contribution in [0.1, 0.15) is 36.1 Å². The number of carbonyl (C=O) groups is 2. The van der Waals surface area contributed by atoms with Crippen molar-refractivity contribution in [1.29, 1.82) is 0 Å². The van der Waals surface area contributed by atoms with Gasteiger partial charge in [0.2, 0.25) is 21.8 Å². The molecule has 0 aliphatic carbocycles. The van der Waals surface area contributed by atoms with Crippen LogP contribution in [0.2, 0.25) is 10.0 Å². The molecule has 3 aromatic carbocycles. The van der Waals surface area contributed by atoms with Crippen molar-refractivity contribution >= 4 is 50.7 Å². The van der Waals surface area contributed by atoms with Gasteiger partial charge in [0.1, 0.15) is 12.6 Å². The Morgan fingerprint density at radius 2 is 1.60 bits per heavy atom. The number of hydrogen-bond donors (Lipinski definition) is 1. The topological polar surface area (TPSA) is 86.8 Å². The average Bonchev–Trinajstić information content (AvgIpc) is 2.87. The van der Waals surface area contributed by atoms with Crippen molar-refractivity contribution in [2.24, 2.45) is 0 Å². The van der Waals surface area contributed by atoms with Gasteiger partial charge in [0, 0.05) is 29.1 Å². The first-order chi connectivity index (χ1) is 18.8. The number of rotatable bonds is 11. The molecule has 1 unspecified atom stereocenters. The Bertz CT molecular complexity index is 1460. The van der Waals surface area contributed by atoms with Crippen molar-refractivity contribution in [1.82, 2.24) is 10.2 Å². The maximum atomic E-state index is 14.1. The first-order valence-corrected chi connectivity index (χ1v) is 15.5. The maximum Gasteiger partial charge on any atom is 0.244 e. The van der Waals surface area contributed by atoms with Gasteiger partial charge in [-0.15, -0.1) is 0 Å². The molecule has 0 saturated carbocycles. The third kappa shape index (κ3) is 8.46. The highest BCUT2D eigenvalue weighted by molar-refractivity contribution is 7.92. The van der Waals surface area contributed by atoms with Crippen molar-refractivity contribution in [2.75, 3.05) is 17.1 Å². The number of carbonyl (C=O) groups excluding carboxylic acids is 2. The molecule has 7 nitrogen and oxygen atoms in total. The van der Waals surface area contributed by atoms with E-state index in [-0.39, 0.29) is 24.9 Å². The Morgan fingerprint density at radius 1 is 0.925 bits per heavy atom. The molecule has 40 heavy (non-hydrogen) atoms. The highest BCUT2D eigenvalue weighted by Gasteiger charge is 2.33. The van der Waals surface area contributed by atoms with Gasteiger partial charge in [-0.05, 0) is 74.2 Å². The Morgan fingerprint density at radius 3 is 2.17 bits per heavy atom. The number of aryl methyl sites for hydroxylation is 2. The van der Waals surface area contributed by atoms with E-state index in [2.05, 4.69) is 5.32 Å². The molecule has 214 valence electrons. The van der Waals surface area contributed by atoms with Crippen LogP contribution in [0.3, 0.4) is 0 Å². The summed E-state index contributed by atoms with van der Waals surface area (Å²) in [6, 6.07) is 18.4. The molecule has 3 rings (SSSR count). The maximum absolute atomic E-state index is 14.1. The van der Waals surface area contributed by atoms with Crippen LogP contribution in [-0.2, 0) is 32.6 Å². The number of amides is 2. The molecular weight excluding hydrogens is 569 g/mol. The van der Waals surface area contributed by atoms with E-state index in [0.29, 0.717) is 21.3 Å². The number of halogens is 2. The van der Waals surface area contributed by atoms with Crippen LogP contribution >= 0.6 is 23.2 Å². The van der Waals surface area contributed by atoms with Crippen LogP contribution in [0.4, 0.5) is 5.69 Å². The van der Waals surface area contributed by atoms with Crippen LogP contribution in [0.25, 0.3) is 0 Å². The first kappa shape index (κ1) is 31.5. The van der Waals surface area contributed by atoms with Gasteiger partial charge < -0.3 is 10.2 Å². The van der Waals surface area contributed by atoms with E-state index >= 15 is 0 Å². The summed E-state index contributed by atoms with van der Waals surface area (Å²) in [7, 11) is -3.84. The molecular formula is C30H35Cl2N3O4S. The van der Waals surface area contributed by atoms with Crippen molar-refractivity contribution in [2.45, 2.75) is 52.7 Å². The predicted octanol–water partition coefficient (Wildman–Crippen LogP) is 5.54. The second-order valence-electron chi connectivity index (χ2n) is 10.2. The van der Waals surface area contributed by atoms with Gasteiger partial charge >= 0.3 is 0 Å². The van der Waals surface area contributed by atoms with Gasteiger partial charge in [0.05, 0.1) is 11.9 Å². The molecule has 0 bridgehead atoms. The monoisotopic (exact) mass is 603 g/mol. The normalized spacial score (nSPS) is 12.2. The zero-order valence-corrected chi connectivity index (χ0v) is 25.6. The molecule has 0 radical (unpaired) electrons. The van der Waals surface area contributed by atoms with Crippen LogP contribution in [0.5, 0.6) is 0 Å². The molecule has 0 saturated heterocycles. The molecule has 1 atom stereocenters. The third-order valence-corrected chi connectivity index (χ3v) is 8.24. The molecule has 2 amide bonds. The Kier molecular flexibility index (Phi) is 10.6. The largest absolute Gasteiger partial charge is 0.352 e. The van der Waals surface area contributed by atoms with E-state index in [0.717, 1.165) is 27.3 Å². The lowest BCUT2D eigenvalue weighted by Crippen LogP contribution is -2.54. The fourth-order valence-electron chi connectivity index (χ4n) is 4.26. The lowest BCUT2D eigenvalue weighted by Gasteiger charge is -2.34. The van der Waals surface area contributed by atoms with Gasteiger partial charge in [-0.2, -0.15) is 0 Å². The quantitative estimate of drug-likeness (QED) is 0.312. The number of anilines is 1. The standard InChI is InChI=1S/C30H35Cl2N3O4S/c1-20(2)33-30(37)28(16-23-9-7-6-8-10-23)34(18-24-12-13-25(31)17-27(24)32)29(36)19-35(40(5,38)39)26-14-11-21(3)22(4)15-26/h6-15,17,20,28H,16,18-19H2,1-5H3,(H,33,37). The fourth-order valence-corrected chi connectivity index (χ4v) is 5.57. The van der Waals surface area contributed by atoms with Crippen molar-refractivity contribution < 1.29 is 18.0 Å². The lowest BCUT2D eigenvalue weighted by atomic mass is 10.0. The smallest absolute Gasteiger partial charge is 0.244 e. The van der Waals surface area contributed by atoms with Crippen molar-refractivity contribution in [3.8, 4) is 0 Å². The SMILES string of the molecule is Cc1ccc(N(CC(=O)N(Cc2ccc(Cl)cc2Cl)C(Cc2ccccc2)C(=O)NC(C)C)S(C)(=O)=O)cc1C. The summed E-state index contributed by atoms with van der Waals surface area (Å²) in [5.74, 6) is -0.899. The fraction of sp³-hybridized carbons (Fsp3) is 0.333. The molecule has 0 heterocycles. The summed E-state index contributed by atoms with van der Waals surface area (Å²) in [6.07, 6.45) is 1.28. The van der Waals surface area contributed by atoms with Gasteiger partial charge in [0.25, 0.3) is 0 Å². The van der Waals surface area contributed by atoms with E-state index in [4.69, 9.17) is 23.2 Å². The Balaban J connectivity index is 2.09. The Labute approximate surface area is 247 Å². The zero-order valence-electron chi connectivity index (χ0n) is 23.3.